The predicted octanol–water partition coefficient (Wildman–Crippen LogP) is 3.91. The number of carbonyl (C=O) groups is 1. The number of likely N-dealkylation sites (N-methyl/N-ethyl adjacent to an activating group) is 1. The third kappa shape index (κ3) is 4.27. The zero-order valence-corrected chi connectivity index (χ0v) is 19.0. The van der Waals surface area contributed by atoms with E-state index in [0.29, 0.717) is 23.0 Å². The molecule has 1 fully saturated rings. The number of nitrogens with one attached hydrogen (secondary N) is 3. The average Bonchev–Trinajstić information content (AvgIpc) is 2.94. The van der Waals surface area contributed by atoms with Crippen molar-refractivity contribution in [1.29, 1.82) is 0 Å². The standard InChI is InChI=1S/C24H27N7O2/c1-15-4-6-17-18(12-15)27-24(32)28-19-14-25-23(29-22(17)19)26-16-5-7-20(21(13-16)33-3)31-10-8-30(2)9-11-31/h4-7,12-14H,8-11H2,1-3H3,(H,25,26,29)(H2,27,28,32). The van der Waals surface area contributed by atoms with E-state index >= 15 is 0 Å². The minimum atomic E-state index is -0.311. The number of hydrogen-bond acceptors (Lipinski definition) is 7. The number of hydrogen-bond donors (Lipinski definition) is 3. The Balaban J connectivity index is 1.44. The molecule has 3 heterocycles. The lowest BCUT2D eigenvalue weighted by molar-refractivity contribution is 0.262. The van der Waals surface area contributed by atoms with Gasteiger partial charge in [-0.05, 0) is 37.7 Å². The molecular formula is C24H27N7O2. The first-order valence-electron chi connectivity index (χ1n) is 10.9. The average molecular weight is 446 g/mol. The van der Waals surface area contributed by atoms with Gasteiger partial charge in [-0.1, -0.05) is 12.1 Å². The Kier molecular flexibility index (Phi) is 5.47. The van der Waals surface area contributed by atoms with Gasteiger partial charge in [0.2, 0.25) is 5.95 Å². The number of urea groups is 1. The predicted molar refractivity (Wildman–Crippen MR) is 131 cm³/mol. The van der Waals surface area contributed by atoms with Gasteiger partial charge in [0.25, 0.3) is 0 Å². The lowest BCUT2D eigenvalue weighted by atomic mass is 10.1. The molecule has 5 rings (SSSR count). The van der Waals surface area contributed by atoms with Gasteiger partial charge in [-0.25, -0.2) is 14.8 Å². The molecule has 0 unspecified atom stereocenters. The third-order valence-electron chi connectivity index (χ3n) is 6.00. The van der Waals surface area contributed by atoms with E-state index in [0.717, 1.165) is 54.4 Å². The molecule has 1 aromatic heterocycles. The van der Waals surface area contributed by atoms with E-state index in [1.54, 1.807) is 13.3 Å². The molecule has 2 aliphatic heterocycles. The third-order valence-corrected chi connectivity index (χ3v) is 6.00. The molecule has 9 heteroatoms. The molecule has 0 bridgehead atoms. The number of rotatable bonds is 4. The second kappa shape index (κ2) is 8.59. The van der Waals surface area contributed by atoms with Gasteiger partial charge in [0, 0.05) is 43.5 Å². The topological polar surface area (TPSA) is 94.6 Å². The molecule has 33 heavy (non-hydrogen) atoms. The second-order valence-electron chi connectivity index (χ2n) is 8.39. The molecule has 0 saturated carbocycles. The van der Waals surface area contributed by atoms with Crippen LogP contribution < -0.4 is 25.6 Å². The summed E-state index contributed by atoms with van der Waals surface area (Å²) in [5.41, 5.74) is 5.72. The maximum Gasteiger partial charge on any atom is 0.323 e. The molecule has 9 nitrogen and oxygen atoms in total. The van der Waals surface area contributed by atoms with Gasteiger partial charge < -0.3 is 30.5 Å². The van der Waals surface area contributed by atoms with Crippen LogP contribution >= 0.6 is 0 Å². The molecule has 0 atom stereocenters. The van der Waals surface area contributed by atoms with Crippen LogP contribution in [-0.2, 0) is 0 Å². The lowest BCUT2D eigenvalue weighted by Gasteiger charge is -2.34. The highest BCUT2D eigenvalue weighted by Crippen LogP contribution is 2.37. The van der Waals surface area contributed by atoms with Gasteiger partial charge in [-0.3, -0.25) is 0 Å². The van der Waals surface area contributed by atoms with Crippen LogP contribution in [0.5, 0.6) is 5.75 Å². The van der Waals surface area contributed by atoms with Gasteiger partial charge in [-0.2, -0.15) is 0 Å². The first kappa shape index (κ1) is 21.0. The summed E-state index contributed by atoms with van der Waals surface area (Å²) in [5.74, 6) is 1.24. The van der Waals surface area contributed by atoms with Crippen LogP contribution in [0.1, 0.15) is 5.56 Å². The van der Waals surface area contributed by atoms with Crippen molar-refractivity contribution in [3.63, 3.8) is 0 Å². The fraction of sp³-hybridized carbons (Fsp3) is 0.292. The van der Waals surface area contributed by atoms with Crippen molar-refractivity contribution < 1.29 is 9.53 Å². The number of methoxy groups -OCH3 is 1. The summed E-state index contributed by atoms with van der Waals surface area (Å²) in [6.07, 6.45) is 1.62. The second-order valence-corrected chi connectivity index (χ2v) is 8.39. The van der Waals surface area contributed by atoms with Crippen LogP contribution in [0.4, 0.5) is 33.5 Å². The van der Waals surface area contributed by atoms with Gasteiger partial charge >= 0.3 is 6.03 Å². The number of piperazine rings is 1. The normalized spacial score (nSPS) is 15.6. The van der Waals surface area contributed by atoms with Crippen LogP contribution in [0.2, 0.25) is 0 Å². The first-order valence-corrected chi connectivity index (χ1v) is 10.9. The van der Waals surface area contributed by atoms with Crippen LogP contribution in [0.3, 0.4) is 0 Å². The number of anilines is 5. The first-order chi connectivity index (χ1) is 16.0. The smallest absolute Gasteiger partial charge is 0.323 e. The number of amides is 2. The van der Waals surface area contributed by atoms with Gasteiger partial charge in [0.1, 0.15) is 11.4 Å². The highest BCUT2D eigenvalue weighted by Gasteiger charge is 2.21. The molecule has 0 aliphatic carbocycles. The number of aromatic nitrogens is 2. The molecule has 1 saturated heterocycles. The van der Waals surface area contributed by atoms with Crippen LogP contribution in [0.25, 0.3) is 11.3 Å². The summed E-state index contributed by atoms with van der Waals surface area (Å²) >= 11 is 0. The van der Waals surface area contributed by atoms with Crippen molar-refractivity contribution in [2.75, 3.05) is 61.2 Å². The number of aryl methyl sites for hydroxylation is 1. The Labute approximate surface area is 192 Å². The molecule has 2 aliphatic rings. The Hall–Kier alpha value is -3.85. The van der Waals surface area contributed by atoms with Crippen LogP contribution in [-0.4, -0.2) is 61.2 Å². The Bertz CT molecular complexity index is 1210. The monoisotopic (exact) mass is 445 g/mol. The van der Waals surface area contributed by atoms with E-state index in [2.05, 4.69) is 43.8 Å². The summed E-state index contributed by atoms with van der Waals surface area (Å²) in [4.78, 5) is 26.0. The summed E-state index contributed by atoms with van der Waals surface area (Å²) in [6.45, 7) is 5.97. The van der Waals surface area contributed by atoms with E-state index in [1.807, 2.05) is 37.3 Å². The summed E-state index contributed by atoms with van der Waals surface area (Å²) < 4.78 is 5.69. The molecule has 0 spiro atoms. The zero-order chi connectivity index (χ0) is 22.9. The van der Waals surface area contributed by atoms with Gasteiger partial charge in [0.15, 0.2) is 0 Å². The van der Waals surface area contributed by atoms with E-state index < -0.39 is 0 Å². The van der Waals surface area contributed by atoms with Crippen molar-refractivity contribution >= 4 is 34.7 Å². The van der Waals surface area contributed by atoms with Gasteiger partial charge in [-0.15, -0.1) is 0 Å². The number of nitrogens with zero attached hydrogens (tertiary/aromatic N) is 4. The number of benzene rings is 2. The van der Waals surface area contributed by atoms with Crippen molar-refractivity contribution in [3.05, 3.63) is 48.2 Å². The largest absolute Gasteiger partial charge is 0.495 e. The molecule has 170 valence electrons. The van der Waals surface area contributed by atoms with E-state index in [9.17, 15) is 4.79 Å². The number of ether oxygens (including phenoxy) is 1. The molecule has 2 aromatic carbocycles. The Morgan fingerprint density at radius 1 is 1.03 bits per heavy atom. The maximum atomic E-state index is 12.2. The molecule has 0 radical (unpaired) electrons. The fourth-order valence-electron chi connectivity index (χ4n) is 4.18. The lowest BCUT2D eigenvalue weighted by Crippen LogP contribution is -2.44. The molecule has 3 N–H and O–H groups in total. The van der Waals surface area contributed by atoms with Crippen molar-refractivity contribution in [2.45, 2.75) is 6.92 Å². The van der Waals surface area contributed by atoms with E-state index in [1.165, 1.54) is 0 Å². The fourth-order valence-corrected chi connectivity index (χ4v) is 4.18. The molecule has 3 aromatic rings. The summed E-state index contributed by atoms with van der Waals surface area (Å²) in [6, 6.07) is 11.6. The Morgan fingerprint density at radius 3 is 2.61 bits per heavy atom. The highest BCUT2D eigenvalue weighted by molar-refractivity contribution is 6.07. The Morgan fingerprint density at radius 2 is 1.82 bits per heavy atom. The van der Waals surface area contributed by atoms with Gasteiger partial charge in [0.05, 0.1) is 30.4 Å². The van der Waals surface area contributed by atoms with Crippen LogP contribution in [0, 0.1) is 6.92 Å². The van der Waals surface area contributed by atoms with E-state index in [-0.39, 0.29) is 6.03 Å². The summed E-state index contributed by atoms with van der Waals surface area (Å²) in [5, 5.41) is 8.96. The minimum Gasteiger partial charge on any atom is -0.495 e. The van der Waals surface area contributed by atoms with Crippen molar-refractivity contribution in [1.82, 2.24) is 14.9 Å². The van der Waals surface area contributed by atoms with Crippen molar-refractivity contribution in [2.24, 2.45) is 0 Å². The van der Waals surface area contributed by atoms with Crippen molar-refractivity contribution in [3.8, 4) is 17.0 Å². The number of fused-ring (bicyclic) bond motifs is 3. The highest BCUT2D eigenvalue weighted by atomic mass is 16.5. The quantitative estimate of drug-likeness (QED) is 0.560. The minimum absolute atomic E-state index is 0.311. The van der Waals surface area contributed by atoms with Crippen LogP contribution in [0.15, 0.2) is 42.6 Å². The summed E-state index contributed by atoms with van der Waals surface area (Å²) in [7, 11) is 3.83. The molecular weight excluding hydrogens is 418 g/mol. The number of carbonyl (C=O) groups excluding carboxylic acids is 1. The molecule has 2 amide bonds. The maximum absolute atomic E-state index is 12.2. The zero-order valence-electron chi connectivity index (χ0n) is 19.0. The SMILES string of the molecule is COc1cc(Nc2ncc3c(n2)-c2ccc(C)cc2NC(=O)N3)ccc1N1CCN(C)CC1. The van der Waals surface area contributed by atoms with E-state index in [4.69, 9.17) is 9.72 Å².